The van der Waals surface area contributed by atoms with Crippen LogP contribution in [0.15, 0.2) is 24.4 Å². The lowest BCUT2D eigenvalue weighted by molar-refractivity contribution is 0.113. The molecule has 0 unspecified atom stereocenters. The van der Waals surface area contributed by atoms with Crippen LogP contribution in [-0.4, -0.2) is 87.2 Å². The van der Waals surface area contributed by atoms with Gasteiger partial charge in [0.05, 0.1) is 9.26 Å². The number of aromatic nitrogens is 4. The molecule has 12 heteroatoms. The summed E-state index contributed by atoms with van der Waals surface area (Å²) < 4.78 is 16.1. The summed E-state index contributed by atoms with van der Waals surface area (Å²) >= 11 is 2.14. The molecule has 1 aromatic carbocycles. The Morgan fingerprint density at radius 3 is 2.45 bits per heavy atom. The number of nitrogens with zero attached hydrogens (tertiary/aromatic N) is 6. The molecule has 0 bridgehead atoms. The average Bonchev–Trinajstić information content (AvgIpc) is 3.32. The van der Waals surface area contributed by atoms with Crippen molar-refractivity contribution in [3.05, 3.63) is 50.6 Å². The van der Waals surface area contributed by atoms with Gasteiger partial charge in [-0.25, -0.2) is 14.2 Å². The van der Waals surface area contributed by atoms with Gasteiger partial charge >= 0.3 is 6.03 Å². The molecule has 4 heterocycles. The highest BCUT2D eigenvalue weighted by atomic mass is 127. The van der Waals surface area contributed by atoms with E-state index in [1.54, 1.807) is 12.3 Å². The lowest BCUT2D eigenvalue weighted by Crippen LogP contribution is -2.53. The smallest absolute Gasteiger partial charge is 0.320 e. The Morgan fingerprint density at radius 1 is 1.05 bits per heavy atom. The summed E-state index contributed by atoms with van der Waals surface area (Å²) in [6, 6.07) is 5.45. The molecule has 0 radical (unpaired) electrons. The van der Waals surface area contributed by atoms with Gasteiger partial charge in [0.25, 0.3) is 0 Å². The quantitative estimate of drug-likeness (QED) is 0.353. The molecule has 2 saturated heterocycles. The van der Waals surface area contributed by atoms with E-state index in [1.807, 2.05) is 35.8 Å². The number of aryl methyl sites for hydroxylation is 2. The molecule has 0 aliphatic carbocycles. The fourth-order valence-electron chi connectivity index (χ4n) is 5.05. The topological polar surface area (TPSA) is 105 Å². The Hall–Kier alpha value is -3.00. The van der Waals surface area contributed by atoms with Crippen molar-refractivity contribution < 1.29 is 9.18 Å². The van der Waals surface area contributed by atoms with Gasteiger partial charge in [0.2, 0.25) is 5.95 Å². The Balaban J connectivity index is 1.23. The van der Waals surface area contributed by atoms with Crippen LogP contribution < -0.4 is 10.6 Å². The Morgan fingerprint density at radius 2 is 1.76 bits per heavy atom. The highest BCUT2D eigenvalue weighted by Gasteiger charge is 2.29. The van der Waals surface area contributed by atoms with E-state index in [0.29, 0.717) is 36.4 Å². The van der Waals surface area contributed by atoms with Crippen LogP contribution in [0.5, 0.6) is 0 Å². The molecule has 0 atom stereocenters. The summed E-state index contributed by atoms with van der Waals surface area (Å²) in [5, 5.41) is 13.3. The van der Waals surface area contributed by atoms with Gasteiger partial charge in [-0.15, -0.1) is 0 Å². The molecule has 2 amide bonds. The number of benzene rings is 1. The van der Waals surface area contributed by atoms with Gasteiger partial charge in [-0.3, -0.25) is 5.10 Å². The maximum absolute atomic E-state index is 15.3. The van der Waals surface area contributed by atoms with Crippen LogP contribution in [0.4, 0.5) is 32.5 Å². The largest absolute Gasteiger partial charge is 0.325 e. The Bertz CT molecular complexity index is 1300. The molecule has 2 fully saturated rings. The molecular formula is C26H33FIN9O. The summed E-state index contributed by atoms with van der Waals surface area (Å²) in [5.74, 6) is 1.40. The number of rotatable bonds is 5. The molecule has 3 N–H and O–H groups in total. The normalized spacial score (nSPS) is 17.1. The van der Waals surface area contributed by atoms with Crippen LogP contribution in [0.2, 0.25) is 0 Å². The van der Waals surface area contributed by atoms with Crippen molar-refractivity contribution in [2.45, 2.75) is 32.6 Å². The van der Waals surface area contributed by atoms with Crippen molar-refractivity contribution in [1.82, 2.24) is 34.9 Å². The van der Waals surface area contributed by atoms with Crippen LogP contribution >= 0.6 is 22.6 Å². The van der Waals surface area contributed by atoms with E-state index >= 15 is 4.39 Å². The second-order valence-corrected chi connectivity index (χ2v) is 11.3. The zero-order valence-corrected chi connectivity index (χ0v) is 24.0. The summed E-state index contributed by atoms with van der Waals surface area (Å²) in [6.45, 7) is 8.69. The highest BCUT2D eigenvalue weighted by Crippen LogP contribution is 2.34. The lowest BCUT2D eigenvalue weighted by atomic mass is 9.86. The third kappa shape index (κ3) is 6.01. The minimum atomic E-state index is -0.346. The predicted octanol–water partition coefficient (Wildman–Crippen LogP) is 4.59. The van der Waals surface area contributed by atoms with E-state index < -0.39 is 0 Å². The van der Waals surface area contributed by atoms with E-state index in [0.717, 1.165) is 59.4 Å². The maximum atomic E-state index is 15.3. The molecule has 2 aromatic heterocycles. The first-order valence-electron chi connectivity index (χ1n) is 12.9. The second kappa shape index (κ2) is 11.4. The number of H-pyrrole nitrogens is 1. The van der Waals surface area contributed by atoms with E-state index in [1.165, 1.54) is 0 Å². The first kappa shape index (κ1) is 26.6. The van der Waals surface area contributed by atoms with Gasteiger partial charge in [0.1, 0.15) is 5.82 Å². The summed E-state index contributed by atoms with van der Waals surface area (Å²) in [6.07, 6.45) is 3.33. The summed E-state index contributed by atoms with van der Waals surface area (Å²) in [7, 11) is 2.08. The first-order chi connectivity index (χ1) is 18.3. The van der Waals surface area contributed by atoms with Crippen molar-refractivity contribution in [3.8, 4) is 0 Å². The minimum absolute atomic E-state index is 0.132. The van der Waals surface area contributed by atoms with Crippen molar-refractivity contribution in [3.63, 3.8) is 0 Å². The van der Waals surface area contributed by atoms with Crippen LogP contribution in [0.3, 0.4) is 0 Å². The lowest BCUT2D eigenvalue weighted by Gasteiger charge is -2.39. The monoisotopic (exact) mass is 633 g/mol. The third-order valence-electron chi connectivity index (χ3n) is 7.28. The van der Waals surface area contributed by atoms with Crippen LogP contribution in [0.25, 0.3) is 0 Å². The van der Waals surface area contributed by atoms with Crippen molar-refractivity contribution >= 4 is 51.9 Å². The number of piperazine rings is 1. The van der Waals surface area contributed by atoms with Gasteiger partial charge in [0, 0.05) is 57.2 Å². The molecule has 0 spiro atoms. The van der Waals surface area contributed by atoms with Crippen molar-refractivity contribution in [1.29, 1.82) is 0 Å². The molecule has 38 heavy (non-hydrogen) atoms. The van der Waals surface area contributed by atoms with Gasteiger partial charge < -0.3 is 25.3 Å². The van der Waals surface area contributed by atoms with Crippen molar-refractivity contribution in [2.75, 3.05) is 56.9 Å². The molecule has 3 aromatic rings. The number of hydrogen-bond acceptors (Lipinski definition) is 7. The number of urea groups is 1. The zero-order chi connectivity index (χ0) is 26.8. The summed E-state index contributed by atoms with van der Waals surface area (Å²) in [5.41, 5.74) is 3.27. The number of carbonyl (C=O) groups excluding carboxylic acids is 1. The van der Waals surface area contributed by atoms with E-state index in [-0.39, 0.29) is 17.8 Å². The first-order valence-corrected chi connectivity index (χ1v) is 14.0. The number of likely N-dealkylation sites (N-methyl/N-ethyl adjacent to an activating group) is 1. The number of aromatic amines is 1. The standard InChI is InChI=1S/C26H33FIN9O/c1-16-12-22(30-25-29-15-21(28)24(32-25)31-23-13-17(2)33-34-23)20(27)14-19(16)18-4-6-36(7-5-18)26(38)37-10-8-35(3)9-11-37/h12-15,18H,4-11H2,1-3H3,(H3,29,30,31,32,33,34). The molecule has 5 rings (SSSR count). The van der Waals surface area contributed by atoms with E-state index in [2.05, 4.69) is 65.3 Å². The van der Waals surface area contributed by atoms with E-state index in [9.17, 15) is 4.79 Å². The maximum Gasteiger partial charge on any atom is 0.320 e. The number of piperidine rings is 1. The number of nitrogens with one attached hydrogen (secondary N) is 3. The van der Waals surface area contributed by atoms with E-state index in [4.69, 9.17) is 0 Å². The van der Waals surface area contributed by atoms with Crippen LogP contribution in [0, 0.1) is 23.2 Å². The van der Waals surface area contributed by atoms with Crippen molar-refractivity contribution in [2.24, 2.45) is 0 Å². The average molecular weight is 634 g/mol. The molecule has 2 aliphatic rings. The minimum Gasteiger partial charge on any atom is -0.325 e. The summed E-state index contributed by atoms with van der Waals surface area (Å²) in [4.78, 5) is 27.9. The number of carbonyl (C=O) groups is 1. The van der Waals surface area contributed by atoms with Gasteiger partial charge in [-0.05, 0) is 85.5 Å². The van der Waals surface area contributed by atoms with Gasteiger partial charge in [-0.2, -0.15) is 10.1 Å². The van der Waals surface area contributed by atoms with Crippen LogP contribution in [0.1, 0.15) is 35.6 Å². The Labute approximate surface area is 235 Å². The fraction of sp³-hybridized carbons (Fsp3) is 0.462. The highest BCUT2D eigenvalue weighted by molar-refractivity contribution is 14.1. The molecule has 2 aliphatic heterocycles. The molecule has 10 nitrogen and oxygen atoms in total. The molecule has 0 saturated carbocycles. The second-order valence-electron chi connectivity index (χ2n) is 10.1. The fourth-order valence-corrected chi connectivity index (χ4v) is 5.45. The molecular weight excluding hydrogens is 600 g/mol. The number of halogens is 2. The van der Waals surface area contributed by atoms with Crippen LogP contribution in [-0.2, 0) is 0 Å². The van der Waals surface area contributed by atoms with Gasteiger partial charge in [0.15, 0.2) is 11.6 Å². The predicted molar refractivity (Wildman–Crippen MR) is 154 cm³/mol. The molecule has 202 valence electrons. The van der Waals surface area contributed by atoms with Gasteiger partial charge in [-0.1, -0.05) is 0 Å². The Kier molecular flexibility index (Phi) is 7.98. The zero-order valence-electron chi connectivity index (χ0n) is 21.9. The SMILES string of the molecule is Cc1cc(Nc2nc(Nc3cc(C)c(C4CCN(C(=O)N5CCN(C)CC5)CC4)cc3F)ncc2I)n[nH]1. The number of anilines is 4. The number of likely N-dealkylation sites (tertiary alicyclic amines) is 1. The number of hydrogen-bond donors (Lipinski definition) is 3. The third-order valence-corrected chi connectivity index (χ3v) is 8.07. The number of amides is 2.